The van der Waals surface area contributed by atoms with Crippen molar-refractivity contribution in [1.29, 1.82) is 0 Å². The van der Waals surface area contributed by atoms with Crippen LogP contribution in [0.3, 0.4) is 0 Å². The fourth-order valence-electron chi connectivity index (χ4n) is 2.25. The molecule has 2 nitrogen and oxygen atoms in total. The zero-order valence-corrected chi connectivity index (χ0v) is 10.4. The Morgan fingerprint density at radius 3 is 2.59 bits per heavy atom. The smallest absolute Gasteiger partial charge is 0.389 e. The van der Waals surface area contributed by atoms with Crippen LogP contribution in [0.2, 0.25) is 0 Å². The Morgan fingerprint density at radius 2 is 2.00 bits per heavy atom. The number of alkyl halides is 3. The van der Waals surface area contributed by atoms with Crippen molar-refractivity contribution in [2.24, 2.45) is 5.41 Å². The molecule has 0 radical (unpaired) electrons. The van der Waals surface area contributed by atoms with E-state index in [-0.39, 0.29) is 24.5 Å². The van der Waals surface area contributed by atoms with Gasteiger partial charge in [0.15, 0.2) is 0 Å². The van der Waals surface area contributed by atoms with E-state index in [1.165, 1.54) is 0 Å². The molecule has 0 saturated heterocycles. The lowest BCUT2D eigenvalue weighted by molar-refractivity contribution is -0.146. The number of aliphatic hydroxyl groups excluding tert-OH is 1. The molecule has 102 valence electrons. The molecule has 0 bridgehead atoms. The van der Waals surface area contributed by atoms with Crippen molar-refractivity contribution >= 4 is 0 Å². The molecule has 0 amide bonds. The van der Waals surface area contributed by atoms with Crippen LogP contribution in [-0.4, -0.2) is 30.1 Å². The van der Waals surface area contributed by atoms with Gasteiger partial charge in [0.25, 0.3) is 0 Å². The second kappa shape index (κ2) is 5.57. The topological polar surface area (TPSA) is 29.5 Å². The summed E-state index contributed by atoms with van der Waals surface area (Å²) in [6.07, 6.45) is -3.25. The molecule has 2 atom stereocenters. The molecule has 0 heterocycles. The minimum Gasteiger partial charge on any atom is -0.390 e. The first kappa shape index (κ1) is 14.8. The standard InChI is InChI=1S/C12H21F3O2/c1-11(2)6-3-5-9(10(11)16)17-8-4-7-12(13,14)15/h9-10,16H,3-8H2,1-2H3. The van der Waals surface area contributed by atoms with Crippen LogP contribution in [0.25, 0.3) is 0 Å². The highest BCUT2D eigenvalue weighted by atomic mass is 19.4. The van der Waals surface area contributed by atoms with Crippen molar-refractivity contribution in [3.05, 3.63) is 0 Å². The maximum absolute atomic E-state index is 11.9. The van der Waals surface area contributed by atoms with Crippen LogP contribution in [0.1, 0.15) is 46.0 Å². The van der Waals surface area contributed by atoms with Gasteiger partial charge < -0.3 is 9.84 Å². The Morgan fingerprint density at radius 1 is 1.35 bits per heavy atom. The van der Waals surface area contributed by atoms with E-state index >= 15 is 0 Å². The van der Waals surface area contributed by atoms with Gasteiger partial charge in [-0.2, -0.15) is 13.2 Å². The lowest BCUT2D eigenvalue weighted by Crippen LogP contribution is -2.44. The number of ether oxygens (including phenoxy) is 1. The minimum absolute atomic E-state index is 0.0346. The van der Waals surface area contributed by atoms with Gasteiger partial charge in [0.05, 0.1) is 12.2 Å². The average Bonchev–Trinajstić information content (AvgIpc) is 2.17. The van der Waals surface area contributed by atoms with Crippen molar-refractivity contribution in [1.82, 2.24) is 0 Å². The second-order valence-corrected chi connectivity index (χ2v) is 5.45. The van der Waals surface area contributed by atoms with Gasteiger partial charge in [-0.25, -0.2) is 0 Å². The summed E-state index contributed by atoms with van der Waals surface area (Å²) in [5, 5.41) is 10.0. The molecule has 1 fully saturated rings. The molecule has 1 rings (SSSR count). The number of hydrogen-bond acceptors (Lipinski definition) is 2. The van der Waals surface area contributed by atoms with Gasteiger partial charge in [-0.1, -0.05) is 20.3 Å². The Labute approximate surface area is 100 Å². The van der Waals surface area contributed by atoms with E-state index in [0.29, 0.717) is 0 Å². The molecule has 0 aromatic rings. The van der Waals surface area contributed by atoms with Gasteiger partial charge in [0.2, 0.25) is 0 Å². The summed E-state index contributed by atoms with van der Waals surface area (Å²) in [7, 11) is 0. The predicted octanol–water partition coefficient (Wildman–Crippen LogP) is 3.29. The molecule has 0 aromatic heterocycles. The summed E-state index contributed by atoms with van der Waals surface area (Å²) in [5.74, 6) is 0. The third-order valence-electron chi connectivity index (χ3n) is 3.40. The molecule has 2 unspecified atom stereocenters. The number of aliphatic hydroxyl groups is 1. The highest BCUT2D eigenvalue weighted by molar-refractivity contribution is 4.88. The summed E-state index contributed by atoms with van der Waals surface area (Å²) in [4.78, 5) is 0. The SMILES string of the molecule is CC1(C)CCCC(OCCCC(F)(F)F)C1O. The lowest BCUT2D eigenvalue weighted by atomic mass is 9.73. The van der Waals surface area contributed by atoms with Crippen LogP contribution in [-0.2, 0) is 4.74 Å². The van der Waals surface area contributed by atoms with Crippen LogP contribution in [0.4, 0.5) is 13.2 Å². The molecule has 1 aliphatic rings. The van der Waals surface area contributed by atoms with Gasteiger partial charge >= 0.3 is 6.18 Å². The van der Waals surface area contributed by atoms with Gasteiger partial charge in [-0.05, 0) is 24.7 Å². The molecule has 1 saturated carbocycles. The normalized spacial score (nSPS) is 29.3. The first-order valence-corrected chi connectivity index (χ1v) is 6.09. The number of hydrogen-bond donors (Lipinski definition) is 1. The quantitative estimate of drug-likeness (QED) is 0.780. The summed E-state index contributed by atoms with van der Waals surface area (Å²) >= 11 is 0. The van der Waals surface area contributed by atoms with E-state index in [9.17, 15) is 18.3 Å². The third-order valence-corrected chi connectivity index (χ3v) is 3.40. The fourth-order valence-corrected chi connectivity index (χ4v) is 2.25. The first-order chi connectivity index (χ1) is 7.72. The van der Waals surface area contributed by atoms with E-state index in [0.717, 1.165) is 19.3 Å². The second-order valence-electron chi connectivity index (χ2n) is 5.45. The summed E-state index contributed by atoms with van der Waals surface area (Å²) in [6, 6.07) is 0. The number of rotatable bonds is 4. The molecule has 0 aromatic carbocycles. The van der Waals surface area contributed by atoms with Crippen LogP contribution >= 0.6 is 0 Å². The molecule has 0 aliphatic heterocycles. The molecule has 0 spiro atoms. The van der Waals surface area contributed by atoms with Gasteiger partial charge in [-0.15, -0.1) is 0 Å². The highest BCUT2D eigenvalue weighted by Crippen LogP contribution is 2.37. The van der Waals surface area contributed by atoms with Gasteiger partial charge in [0, 0.05) is 13.0 Å². The van der Waals surface area contributed by atoms with E-state index in [1.54, 1.807) is 0 Å². The van der Waals surface area contributed by atoms with E-state index in [1.807, 2.05) is 13.8 Å². The van der Waals surface area contributed by atoms with Gasteiger partial charge in [-0.3, -0.25) is 0 Å². The lowest BCUT2D eigenvalue weighted by Gasteiger charge is -2.40. The van der Waals surface area contributed by atoms with Crippen LogP contribution in [0.5, 0.6) is 0 Å². The Bertz CT molecular complexity index is 238. The third kappa shape index (κ3) is 4.84. The maximum Gasteiger partial charge on any atom is 0.389 e. The van der Waals surface area contributed by atoms with E-state index in [2.05, 4.69) is 0 Å². The Kier molecular flexibility index (Phi) is 4.84. The minimum atomic E-state index is -4.12. The van der Waals surface area contributed by atoms with Crippen LogP contribution in [0, 0.1) is 5.41 Å². The summed E-state index contributed by atoms with van der Waals surface area (Å²) in [5.41, 5.74) is -0.201. The maximum atomic E-state index is 11.9. The average molecular weight is 254 g/mol. The van der Waals surface area contributed by atoms with E-state index in [4.69, 9.17) is 4.74 Å². The van der Waals surface area contributed by atoms with Crippen molar-refractivity contribution in [2.45, 2.75) is 64.3 Å². The molecule has 5 heteroatoms. The van der Waals surface area contributed by atoms with E-state index < -0.39 is 18.7 Å². The van der Waals surface area contributed by atoms with Crippen molar-refractivity contribution in [2.75, 3.05) is 6.61 Å². The summed E-state index contributed by atoms with van der Waals surface area (Å²) < 4.78 is 41.1. The summed E-state index contributed by atoms with van der Waals surface area (Å²) in [6.45, 7) is 3.99. The van der Waals surface area contributed by atoms with Crippen LogP contribution in [0.15, 0.2) is 0 Å². The highest BCUT2D eigenvalue weighted by Gasteiger charge is 2.38. The predicted molar refractivity (Wildman–Crippen MR) is 58.7 cm³/mol. The van der Waals surface area contributed by atoms with Crippen molar-refractivity contribution in [3.63, 3.8) is 0 Å². The Hall–Kier alpha value is -0.290. The molecule has 1 aliphatic carbocycles. The van der Waals surface area contributed by atoms with Gasteiger partial charge in [0.1, 0.15) is 0 Å². The molecule has 17 heavy (non-hydrogen) atoms. The largest absolute Gasteiger partial charge is 0.390 e. The Balaban J connectivity index is 2.27. The first-order valence-electron chi connectivity index (χ1n) is 6.09. The zero-order valence-electron chi connectivity index (χ0n) is 10.4. The fraction of sp³-hybridized carbons (Fsp3) is 1.00. The monoisotopic (exact) mass is 254 g/mol. The van der Waals surface area contributed by atoms with Crippen LogP contribution < -0.4 is 0 Å². The van der Waals surface area contributed by atoms with Crippen molar-refractivity contribution in [3.8, 4) is 0 Å². The number of halogens is 3. The molecule has 1 N–H and O–H groups in total. The zero-order chi connectivity index (χ0) is 13.1. The van der Waals surface area contributed by atoms with Crippen molar-refractivity contribution < 1.29 is 23.0 Å². The molecular formula is C12H21F3O2. The molecular weight excluding hydrogens is 233 g/mol.